The van der Waals surface area contributed by atoms with Gasteiger partial charge in [-0.1, -0.05) is 11.6 Å². The first-order chi connectivity index (χ1) is 13.9. The van der Waals surface area contributed by atoms with Gasteiger partial charge in [-0.3, -0.25) is 25.2 Å². The standard InChI is InChI=1S/C19H22ClN3O5S/c1-12-10-13(5-6-14(12)20)28-11-17(24)22-23-18(25)15(7-9-29-2)21-19(26)16-4-3-8-27-16/h3-6,8,10,15H,7,9,11H2,1-2H3,(H,21,26)(H,22,24)(H,23,25). The van der Waals surface area contributed by atoms with Crippen molar-refractivity contribution in [1.29, 1.82) is 0 Å². The molecule has 1 aromatic heterocycles. The maximum absolute atomic E-state index is 12.4. The third-order valence-electron chi connectivity index (χ3n) is 3.80. The molecule has 0 aliphatic carbocycles. The van der Waals surface area contributed by atoms with Gasteiger partial charge in [0.05, 0.1) is 6.26 Å². The Morgan fingerprint density at radius 3 is 2.69 bits per heavy atom. The van der Waals surface area contributed by atoms with E-state index in [1.54, 1.807) is 24.3 Å². The van der Waals surface area contributed by atoms with Crippen molar-refractivity contribution in [3.63, 3.8) is 0 Å². The molecule has 29 heavy (non-hydrogen) atoms. The molecule has 0 aliphatic heterocycles. The minimum absolute atomic E-state index is 0.0997. The second-order valence-electron chi connectivity index (χ2n) is 6.02. The zero-order valence-electron chi connectivity index (χ0n) is 16.0. The minimum atomic E-state index is -0.833. The molecule has 1 unspecified atom stereocenters. The number of hydrogen-bond acceptors (Lipinski definition) is 6. The number of furan rings is 1. The number of halogens is 1. The smallest absolute Gasteiger partial charge is 0.287 e. The zero-order valence-corrected chi connectivity index (χ0v) is 17.6. The predicted octanol–water partition coefficient (Wildman–Crippen LogP) is 2.32. The van der Waals surface area contributed by atoms with Gasteiger partial charge in [0.15, 0.2) is 12.4 Å². The molecular weight excluding hydrogens is 418 g/mol. The van der Waals surface area contributed by atoms with Crippen LogP contribution in [-0.2, 0) is 9.59 Å². The first-order valence-electron chi connectivity index (χ1n) is 8.71. The molecule has 156 valence electrons. The van der Waals surface area contributed by atoms with E-state index in [2.05, 4.69) is 16.2 Å². The first kappa shape index (κ1) is 22.6. The molecule has 10 heteroatoms. The van der Waals surface area contributed by atoms with E-state index < -0.39 is 23.8 Å². The second kappa shape index (κ2) is 11.4. The maximum atomic E-state index is 12.4. The summed E-state index contributed by atoms with van der Waals surface area (Å²) in [5, 5.41) is 3.19. The predicted molar refractivity (Wildman–Crippen MR) is 111 cm³/mol. The molecule has 1 heterocycles. The van der Waals surface area contributed by atoms with Gasteiger partial charge in [0.25, 0.3) is 17.7 Å². The zero-order chi connectivity index (χ0) is 21.2. The topological polar surface area (TPSA) is 110 Å². The van der Waals surface area contributed by atoms with Crippen molar-refractivity contribution in [3.8, 4) is 5.75 Å². The number of hydrazine groups is 1. The van der Waals surface area contributed by atoms with Crippen LogP contribution in [0, 0.1) is 6.92 Å². The normalized spacial score (nSPS) is 11.4. The van der Waals surface area contributed by atoms with Crippen LogP contribution in [0.4, 0.5) is 0 Å². The summed E-state index contributed by atoms with van der Waals surface area (Å²) in [5.41, 5.74) is 5.40. The highest BCUT2D eigenvalue weighted by Crippen LogP contribution is 2.20. The third-order valence-corrected chi connectivity index (χ3v) is 4.87. The van der Waals surface area contributed by atoms with Gasteiger partial charge in [-0.25, -0.2) is 0 Å². The molecule has 3 amide bonds. The second-order valence-corrected chi connectivity index (χ2v) is 7.41. The summed E-state index contributed by atoms with van der Waals surface area (Å²) in [4.78, 5) is 36.4. The Morgan fingerprint density at radius 1 is 1.24 bits per heavy atom. The van der Waals surface area contributed by atoms with Gasteiger partial charge in [-0.15, -0.1) is 0 Å². The Balaban J connectivity index is 1.83. The summed E-state index contributed by atoms with van der Waals surface area (Å²) < 4.78 is 10.4. The highest BCUT2D eigenvalue weighted by atomic mass is 35.5. The lowest BCUT2D eigenvalue weighted by Crippen LogP contribution is -2.53. The van der Waals surface area contributed by atoms with E-state index >= 15 is 0 Å². The van der Waals surface area contributed by atoms with Gasteiger partial charge in [-0.05, 0) is 61.2 Å². The summed E-state index contributed by atoms with van der Waals surface area (Å²) >= 11 is 7.48. The summed E-state index contributed by atoms with van der Waals surface area (Å²) in [6.07, 6.45) is 3.64. The van der Waals surface area contributed by atoms with Crippen molar-refractivity contribution >= 4 is 41.1 Å². The highest BCUT2D eigenvalue weighted by Gasteiger charge is 2.22. The van der Waals surface area contributed by atoms with Crippen LogP contribution in [0.25, 0.3) is 0 Å². The van der Waals surface area contributed by atoms with Crippen LogP contribution < -0.4 is 20.9 Å². The van der Waals surface area contributed by atoms with Crippen LogP contribution in [0.5, 0.6) is 5.75 Å². The number of hydrogen-bond donors (Lipinski definition) is 3. The van der Waals surface area contributed by atoms with Crippen molar-refractivity contribution in [3.05, 3.63) is 52.9 Å². The molecule has 0 aliphatic rings. The van der Waals surface area contributed by atoms with Gasteiger partial charge in [0.2, 0.25) is 0 Å². The minimum Gasteiger partial charge on any atom is -0.484 e. The molecule has 3 N–H and O–H groups in total. The molecule has 2 aromatic rings. The number of ether oxygens (including phenoxy) is 1. The Kier molecular flexibility index (Phi) is 8.88. The largest absolute Gasteiger partial charge is 0.484 e. The van der Waals surface area contributed by atoms with Gasteiger partial charge in [-0.2, -0.15) is 11.8 Å². The Morgan fingerprint density at radius 2 is 2.03 bits per heavy atom. The van der Waals surface area contributed by atoms with Gasteiger partial charge >= 0.3 is 0 Å². The van der Waals surface area contributed by atoms with Gasteiger partial charge in [0, 0.05) is 5.02 Å². The molecule has 0 spiro atoms. The average molecular weight is 440 g/mol. The molecule has 0 saturated heterocycles. The summed E-state index contributed by atoms with van der Waals surface area (Å²) in [5.74, 6) is -0.381. The van der Waals surface area contributed by atoms with Crippen molar-refractivity contribution in [1.82, 2.24) is 16.2 Å². The van der Waals surface area contributed by atoms with E-state index in [-0.39, 0.29) is 12.4 Å². The Bertz CT molecular complexity index is 844. The SMILES string of the molecule is CSCCC(NC(=O)c1ccco1)C(=O)NNC(=O)COc1ccc(Cl)c(C)c1. The lowest BCUT2D eigenvalue weighted by molar-refractivity contribution is -0.130. The van der Waals surface area contributed by atoms with Gasteiger partial charge in [0.1, 0.15) is 11.8 Å². The lowest BCUT2D eigenvalue weighted by atomic mass is 10.2. The van der Waals surface area contributed by atoms with Crippen molar-refractivity contribution in [2.75, 3.05) is 18.6 Å². The van der Waals surface area contributed by atoms with Crippen LogP contribution >= 0.6 is 23.4 Å². The van der Waals surface area contributed by atoms with E-state index in [1.807, 2.05) is 13.2 Å². The van der Waals surface area contributed by atoms with E-state index in [0.29, 0.717) is 22.9 Å². The molecule has 0 bridgehead atoms. The average Bonchev–Trinajstić information content (AvgIpc) is 3.25. The number of aryl methyl sites for hydroxylation is 1. The van der Waals surface area contributed by atoms with Crippen molar-refractivity contribution in [2.24, 2.45) is 0 Å². The van der Waals surface area contributed by atoms with Crippen LogP contribution in [-0.4, -0.2) is 42.4 Å². The molecule has 2 rings (SSSR count). The summed E-state index contributed by atoms with van der Waals surface area (Å²) in [6.45, 7) is 1.52. The van der Waals surface area contributed by atoms with E-state index in [4.69, 9.17) is 20.8 Å². The summed E-state index contributed by atoms with van der Waals surface area (Å²) in [6, 6.07) is 7.26. The fourth-order valence-corrected chi connectivity index (χ4v) is 2.84. The Labute approximate surface area is 177 Å². The van der Waals surface area contributed by atoms with Crippen molar-refractivity contribution < 1.29 is 23.5 Å². The molecule has 0 fully saturated rings. The van der Waals surface area contributed by atoms with Gasteiger partial charge < -0.3 is 14.5 Å². The number of thioether (sulfide) groups is 1. The molecule has 1 aromatic carbocycles. The van der Waals surface area contributed by atoms with E-state index in [9.17, 15) is 14.4 Å². The van der Waals surface area contributed by atoms with Crippen LogP contribution in [0.1, 0.15) is 22.5 Å². The van der Waals surface area contributed by atoms with Crippen molar-refractivity contribution in [2.45, 2.75) is 19.4 Å². The monoisotopic (exact) mass is 439 g/mol. The number of benzene rings is 1. The molecule has 0 saturated carbocycles. The molecule has 8 nitrogen and oxygen atoms in total. The Hall–Kier alpha value is -2.65. The number of nitrogens with one attached hydrogen (secondary N) is 3. The fraction of sp³-hybridized carbons (Fsp3) is 0.316. The maximum Gasteiger partial charge on any atom is 0.287 e. The lowest BCUT2D eigenvalue weighted by Gasteiger charge is -2.18. The highest BCUT2D eigenvalue weighted by molar-refractivity contribution is 7.98. The van der Waals surface area contributed by atoms with Crippen LogP contribution in [0.2, 0.25) is 5.02 Å². The molecule has 0 radical (unpaired) electrons. The van der Waals surface area contributed by atoms with Crippen LogP contribution in [0.15, 0.2) is 41.0 Å². The number of rotatable bonds is 9. The first-order valence-corrected chi connectivity index (χ1v) is 10.5. The third kappa shape index (κ3) is 7.35. The van der Waals surface area contributed by atoms with Crippen LogP contribution in [0.3, 0.4) is 0 Å². The quantitative estimate of drug-likeness (QED) is 0.517. The number of carbonyl (C=O) groups is 3. The molecular formula is C19H22ClN3O5S. The number of carbonyl (C=O) groups excluding carboxylic acids is 3. The summed E-state index contributed by atoms with van der Waals surface area (Å²) in [7, 11) is 0. The number of amides is 3. The fourth-order valence-electron chi connectivity index (χ4n) is 2.25. The van der Waals surface area contributed by atoms with E-state index in [1.165, 1.54) is 24.1 Å². The van der Waals surface area contributed by atoms with E-state index in [0.717, 1.165) is 5.56 Å². The molecule has 1 atom stereocenters.